The van der Waals surface area contributed by atoms with Crippen LogP contribution in [0.4, 0.5) is 0 Å². The van der Waals surface area contributed by atoms with Gasteiger partial charge in [-0.15, -0.1) is 0 Å². The van der Waals surface area contributed by atoms with Crippen molar-refractivity contribution in [2.75, 3.05) is 13.7 Å². The van der Waals surface area contributed by atoms with Crippen molar-refractivity contribution in [3.05, 3.63) is 60.7 Å². The first-order chi connectivity index (χ1) is 12.2. The highest BCUT2D eigenvalue weighted by Crippen LogP contribution is 2.33. The summed E-state index contributed by atoms with van der Waals surface area (Å²) < 4.78 is 7.37. The van der Waals surface area contributed by atoms with Crippen LogP contribution in [0.15, 0.2) is 60.7 Å². The molecule has 1 atom stereocenters. The number of methoxy groups -OCH3 is 1. The Hall–Kier alpha value is -2.85. The van der Waals surface area contributed by atoms with Crippen molar-refractivity contribution in [1.82, 2.24) is 9.55 Å². The summed E-state index contributed by atoms with van der Waals surface area (Å²) in [6, 6.07) is 20.2. The van der Waals surface area contributed by atoms with Crippen LogP contribution in [0.3, 0.4) is 0 Å². The number of hydrogen-bond acceptors (Lipinski definition) is 3. The minimum atomic E-state index is -0.0664. The Bertz CT molecular complexity index is 1040. The van der Waals surface area contributed by atoms with Crippen molar-refractivity contribution in [3.63, 3.8) is 0 Å². The number of aliphatic hydroxyl groups is 1. The quantitative estimate of drug-likeness (QED) is 0.602. The summed E-state index contributed by atoms with van der Waals surface area (Å²) in [5.74, 6) is 1.67. The van der Waals surface area contributed by atoms with Gasteiger partial charge in [-0.3, -0.25) is 0 Å². The summed E-state index contributed by atoms with van der Waals surface area (Å²) in [6.07, 6.45) is 0. The molecular formula is C21H20N2O2. The van der Waals surface area contributed by atoms with Crippen LogP contribution >= 0.6 is 0 Å². The van der Waals surface area contributed by atoms with Crippen LogP contribution in [-0.2, 0) is 0 Å². The van der Waals surface area contributed by atoms with E-state index in [1.54, 1.807) is 7.11 Å². The lowest BCUT2D eigenvalue weighted by molar-refractivity contribution is 0.242. The molecule has 0 amide bonds. The van der Waals surface area contributed by atoms with E-state index in [2.05, 4.69) is 28.8 Å². The van der Waals surface area contributed by atoms with Gasteiger partial charge in [-0.2, -0.15) is 0 Å². The number of rotatable bonds is 4. The third-order valence-corrected chi connectivity index (χ3v) is 4.64. The highest BCUT2D eigenvalue weighted by molar-refractivity contribution is 6.05. The SMILES string of the molecule is COc1ccc(-c2nc3c4ccccc4ccc3n2C(C)CO)cc1. The molecule has 1 heterocycles. The van der Waals surface area contributed by atoms with Crippen molar-refractivity contribution >= 4 is 21.8 Å². The molecule has 0 aliphatic carbocycles. The lowest BCUT2D eigenvalue weighted by Crippen LogP contribution is -2.10. The Kier molecular flexibility index (Phi) is 3.90. The Balaban J connectivity index is 2.02. The van der Waals surface area contributed by atoms with Gasteiger partial charge in [0.25, 0.3) is 0 Å². The molecule has 0 radical (unpaired) electrons. The minimum Gasteiger partial charge on any atom is -0.497 e. The van der Waals surface area contributed by atoms with E-state index < -0.39 is 0 Å². The first kappa shape index (κ1) is 15.7. The van der Waals surface area contributed by atoms with Crippen LogP contribution in [0.2, 0.25) is 0 Å². The van der Waals surface area contributed by atoms with E-state index in [9.17, 15) is 5.11 Å². The number of benzene rings is 3. The predicted molar refractivity (Wildman–Crippen MR) is 101 cm³/mol. The standard InChI is InChI=1S/C21H20N2O2/c1-14(13-24)23-19-12-9-15-5-3-4-6-18(15)20(19)22-21(23)16-7-10-17(25-2)11-8-16/h3-12,14,24H,13H2,1-2H3. The highest BCUT2D eigenvalue weighted by atomic mass is 16.5. The van der Waals surface area contributed by atoms with Crippen molar-refractivity contribution in [1.29, 1.82) is 0 Å². The molecule has 4 nitrogen and oxygen atoms in total. The second kappa shape index (κ2) is 6.22. The van der Waals surface area contributed by atoms with Gasteiger partial charge >= 0.3 is 0 Å². The van der Waals surface area contributed by atoms with Crippen LogP contribution in [0.1, 0.15) is 13.0 Å². The number of aromatic nitrogens is 2. The van der Waals surface area contributed by atoms with Gasteiger partial charge in [0, 0.05) is 10.9 Å². The largest absolute Gasteiger partial charge is 0.497 e. The van der Waals surface area contributed by atoms with Crippen molar-refractivity contribution in [3.8, 4) is 17.1 Å². The van der Waals surface area contributed by atoms with Crippen LogP contribution < -0.4 is 4.74 Å². The maximum absolute atomic E-state index is 9.76. The monoisotopic (exact) mass is 332 g/mol. The predicted octanol–water partition coefficient (Wildman–Crippen LogP) is 4.42. The van der Waals surface area contributed by atoms with Crippen LogP contribution in [0.25, 0.3) is 33.2 Å². The summed E-state index contributed by atoms with van der Waals surface area (Å²) in [5.41, 5.74) is 3.00. The lowest BCUT2D eigenvalue weighted by atomic mass is 10.1. The van der Waals surface area contributed by atoms with Gasteiger partial charge in [-0.1, -0.05) is 30.3 Å². The molecule has 126 valence electrons. The van der Waals surface area contributed by atoms with Crippen LogP contribution in [-0.4, -0.2) is 28.4 Å². The van der Waals surface area contributed by atoms with Gasteiger partial charge in [-0.25, -0.2) is 4.98 Å². The number of fused-ring (bicyclic) bond motifs is 3. The summed E-state index contributed by atoms with van der Waals surface area (Å²) >= 11 is 0. The summed E-state index contributed by atoms with van der Waals surface area (Å²) in [5, 5.41) is 12.1. The van der Waals surface area contributed by atoms with Crippen LogP contribution in [0.5, 0.6) is 5.75 Å². The Labute approximate surface area is 146 Å². The van der Waals surface area contributed by atoms with Crippen molar-refractivity contribution in [2.45, 2.75) is 13.0 Å². The van der Waals surface area contributed by atoms with E-state index in [-0.39, 0.29) is 12.6 Å². The fraction of sp³-hybridized carbons (Fsp3) is 0.190. The molecule has 1 N–H and O–H groups in total. The van der Waals surface area contributed by atoms with E-state index in [0.717, 1.165) is 38.9 Å². The van der Waals surface area contributed by atoms with E-state index in [0.29, 0.717) is 0 Å². The zero-order valence-electron chi connectivity index (χ0n) is 14.3. The first-order valence-electron chi connectivity index (χ1n) is 8.38. The molecular weight excluding hydrogens is 312 g/mol. The first-order valence-corrected chi connectivity index (χ1v) is 8.38. The number of nitrogens with zero attached hydrogens (tertiary/aromatic N) is 2. The van der Waals surface area contributed by atoms with Gasteiger partial charge in [-0.05, 0) is 42.6 Å². The van der Waals surface area contributed by atoms with E-state index in [1.807, 2.05) is 43.3 Å². The summed E-state index contributed by atoms with van der Waals surface area (Å²) in [4.78, 5) is 4.95. The summed E-state index contributed by atoms with van der Waals surface area (Å²) in [7, 11) is 1.66. The Morgan fingerprint density at radius 2 is 1.80 bits per heavy atom. The topological polar surface area (TPSA) is 47.3 Å². The molecule has 4 rings (SSSR count). The Morgan fingerprint density at radius 3 is 2.52 bits per heavy atom. The smallest absolute Gasteiger partial charge is 0.141 e. The molecule has 4 aromatic rings. The van der Waals surface area contributed by atoms with Gasteiger partial charge in [0.05, 0.1) is 30.8 Å². The number of imidazole rings is 1. The fourth-order valence-electron chi connectivity index (χ4n) is 3.30. The third kappa shape index (κ3) is 2.55. The maximum Gasteiger partial charge on any atom is 0.141 e. The van der Waals surface area contributed by atoms with Crippen molar-refractivity contribution in [2.24, 2.45) is 0 Å². The molecule has 0 aliphatic rings. The fourth-order valence-corrected chi connectivity index (χ4v) is 3.30. The molecule has 0 saturated carbocycles. The Morgan fingerprint density at radius 1 is 1.04 bits per heavy atom. The van der Waals surface area contributed by atoms with E-state index >= 15 is 0 Å². The molecule has 0 bridgehead atoms. The lowest BCUT2D eigenvalue weighted by Gasteiger charge is -2.15. The minimum absolute atomic E-state index is 0.0570. The average Bonchev–Trinajstić information content (AvgIpc) is 3.07. The number of aliphatic hydroxyl groups excluding tert-OH is 1. The molecule has 0 aliphatic heterocycles. The van der Waals surface area contributed by atoms with E-state index in [4.69, 9.17) is 9.72 Å². The summed E-state index contributed by atoms with van der Waals surface area (Å²) in [6.45, 7) is 2.06. The second-order valence-electron chi connectivity index (χ2n) is 6.22. The molecule has 4 heteroatoms. The van der Waals surface area contributed by atoms with Gasteiger partial charge in [0.2, 0.25) is 0 Å². The van der Waals surface area contributed by atoms with Crippen LogP contribution in [0, 0.1) is 0 Å². The average molecular weight is 332 g/mol. The molecule has 1 unspecified atom stereocenters. The third-order valence-electron chi connectivity index (χ3n) is 4.64. The van der Waals surface area contributed by atoms with Gasteiger partial charge in [0.1, 0.15) is 11.6 Å². The highest BCUT2D eigenvalue weighted by Gasteiger charge is 2.18. The molecule has 25 heavy (non-hydrogen) atoms. The van der Waals surface area contributed by atoms with Gasteiger partial charge in [0.15, 0.2) is 0 Å². The number of hydrogen-bond donors (Lipinski definition) is 1. The number of ether oxygens (including phenoxy) is 1. The molecule has 1 aromatic heterocycles. The normalized spacial score (nSPS) is 12.6. The zero-order valence-corrected chi connectivity index (χ0v) is 14.3. The molecule has 3 aromatic carbocycles. The van der Waals surface area contributed by atoms with E-state index in [1.165, 1.54) is 0 Å². The second-order valence-corrected chi connectivity index (χ2v) is 6.22. The van der Waals surface area contributed by atoms with Gasteiger partial charge < -0.3 is 14.4 Å². The molecule has 0 fully saturated rings. The molecule has 0 spiro atoms. The van der Waals surface area contributed by atoms with Crippen molar-refractivity contribution < 1.29 is 9.84 Å². The maximum atomic E-state index is 9.76. The zero-order chi connectivity index (χ0) is 17.4. The molecule has 0 saturated heterocycles.